The van der Waals surface area contributed by atoms with Crippen molar-refractivity contribution in [1.29, 1.82) is 0 Å². The molecule has 0 saturated carbocycles. The lowest BCUT2D eigenvalue weighted by atomic mass is 10.2. The third kappa shape index (κ3) is 2.65. The Morgan fingerprint density at radius 3 is 2.93 bits per heavy atom. The molecule has 2 heterocycles. The van der Waals surface area contributed by atoms with E-state index in [0.717, 1.165) is 11.6 Å². The molecule has 1 unspecified atom stereocenters. The summed E-state index contributed by atoms with van der Waals surface area (Å²) in [5.41, 5.74) is 2.77. The fourth-order valence-electron chi connectivity index (χ4n) is 1.37. The Balaban J connectivity index is 1.91. The number of aromatic nitrogens is 1. The predicted octanol–water partition coefficient (Wildman–Crippen LogP) is 3.36. The third-order valence-electron chi connectivity index (χ3n) is 2.38. The molecule has 0 amide bonds. The summed E-state index contributed by atoms with van der Waals surface area (Å²) in [4.78, 5) is 4.30. The summed E-state index contributed by atoms with van der Waals surface area (Å²) in [7, 11) is 0. The number of hydrogen-bond donors (Lipinski definition) is 1. The highest BCUT2D eigenvalue weighted by atomic mass is 32.1. The minimum absolute atomic E-state index is 0.337. The fraction of sp³-hybridized carbons (Fsp3) is 0.364. The molecule has 1 N–H and O–H groups in total. The zero-order valence-corrected chi connectivity index (χ0v) is 10.5. The summed E-state index contributed by atoms with van der Waals surface area (Å²) >= 11 is 3.46. The van der Waals surface area contributed by atoms with Crippen LogP contribution >= 0.6 is 22.7 Å². The molecule has 0 spiro atoms. The van der Waals surface area contributed by atoms with Crippen molar-refractivity contribution in [2.45, 2.75) is 26.4 Å². The summed E-state index contributed by atoms with van der Waals surface area (Å²) < 4.78 is 0. The van der Waals surface area contributed by atoms with Crippen LogP contribution in [-0.4, -0.2) is 4.98 Å². The molecule has 2 aromatic heterocycles. The Labute approximate surface area is 98.0 Å². The maximum absolute atomic E-state index is 4.30. The second-order valence-corrected chi connectivity index (χ2v) is 5.22. The molecule has 0 radical (unpaired) electrons. The van der Waals surface area contributed by atoms with Crippen molar-refractivity contribution >= 4 is 22.7 Å². The fourth-order valence-corrected chi connectivity index (χ4v) is 2.89. The Bertz CT molecular complexity index is 406. The van der Waals surface area contributed by atoms with Gasteiger partial charge in [-0.15, -0.1) is 11.3 Å². The van der Waals surface area contributed by atoms with Crippen molar-refractivity contribution in [3.05, 3.63) is 38.5 Å². The Morgan fingerprint density at radius 1 is 1.47 bits per heavy atom. The third-order valence-corrected chi connectivity index (χ3v) is 4.25. The van der Waals surface area contributed by atoms with Crippen LogP contribution in [0.2, 0.25) is 0 Å². The Hall–Kier alpha value is -0.710. The van der Waals surface area contributed by atoms with E-state index >= 15 is 0 Å². The number of hydrogen-bond acceptors (Lipinski definition) is 4. The number of thiazole rings is 1. The van der Waals surface area contributed by atoms with Crippen LogP contribution in [0, 0.1) is 6.92 Å². The number of thiophene rings is 1. The van der Waals surface area contributed by atoms with Gasteiger partial charge in [0.1, 0.15) is 5.01 Å². The normalized spacial score (nSPS) is 12.9. The van der Waals surface area contributed by atoms with Gasteiger partial charge >= 0.3 is 0 Å². The Kier molecular flexibility index (Phi) is 3.51. The van der Waals surface area contributed by atoms with E-state index in [0.29, 0.717) is 6.04 Å². The van der Waals surface area contributed by atoms with Gasteiger partial charge in [0.15, 0.2) is 0 Å². The molecule has 0 aliphatic rings. The summed E-state index contributed by atoms with van der Waals surface area (Å²) in [5, 5.41) is 11.0. The van der Waals surface area contributed by atoms with Crippen LogP contribution in [0.25, 0.3) is 0 Å². The van der Waals surface area contributed by atoms with Gasteiger partial charge in [-0.2, -0.15) is 11.3 Å². The molecule has 0 fully saturated rings. The maximum Gasteiger partial charge on any atom is 0.109 e. The van der Waals surface area contributed by atoms with Gasteiger partial charge in [-0.3, -0.25) is 0 Å². The molecule has 0 saturated heterocycles. The minimum Gasteiger partial charge on any atom is -0.304 e. The first-order chi connectivity index (χ1) is 7.27. The second kappa shape index (κ2) is 4.88. The monoisotopic (exact) mass is 238 g/mol. The first-order valence-corrected chi connectivity index (χ1v) is 6.74. The van der Waals surface area contributed by atoms with E-state index in [4.69, 9.17) is 0 Å². The van der Waals surface area contributed by atoms with Gasteiger partial charge in [0.2, 0.25) is 0 Å². The van der Waals surface area contributed by atoms with Gasteiger partial charge in [0.25, 0.3) is 0 Å². The molecule has 0 aromatic carbocycles. The van der Waals surface area contributed by atoms with E-state index in [9.17, 15) is 0 Å². The van der Waals surface area contributed by atoms with Crippen LogP contribution in [0.3, 0.4) is 0 Å². The molecule has 15 heavy (non-hydrogen) atoms. The van der Waals surface area contributed by atoms with Gasteiger partial charge in [0, 0.05) is 18.1 Å². The molecule has 2 nitrogen and oxygen atoms in total. The summed E-state index contributed by atoms with van der Waals surface area (Å²) in [6, 6.07) is 0.337. The highest BCUT2D eigenvalue weighted by molar-refractivity contribution is 7.09. The molecule has 2 aromatic rings. The summed E-state index contributed by atoms with van der Waals surface area (Å²) in [6.45, 7) is 5.23. The van der Waals surface area contributed by atoms with E-state index in [1.165, 1.54) is 11.1 Å². The molecule has 0 bridgehead atoms. The van der Waals surface area contributed by atoms with E-state index in [2.05, 4.69) is 34.9 Å². The number of aryl methyl sites for hydroxylation is 1. The average molecular weight is 238 g/mol. The quantitative estimate of drug-likeness (QED) is 0.883. The topological polar surface area (TPSA) is 24.9 Å². The van der Waals surface area contributed by atoms with Gasteiger partial charge < -0.3 is 5.32 Å². The lowest BCUT2D eigenvalue weighted by molar-refractivity contribution is 0.571. The zero-order valence-electron chi connectivity index (χ0n) is 8.86. The summed E-state index contributed by atoms with van der Waals surface area (Å²) in [5.74, 6) is 0. The van der Waals surface area contributed by atoms with Gasteiger partial charge in [-0.05, 0) is 35.7 Å². The van der Waals surface area contributed by atoms with Crippen molar-refractivity contribution in [3.8, 4) is 0 Å². The molecule has 80 valence electrons. The number of rotatable bonds is 4. The van der Waals surface area contributed by atoms with Crippen LogP contribution in [0.5, 0.6) is 0 Å². The molecule has 1 atom stereocenters. The largest absolute Gasteiger partial charge is 0.304 e. The standard InChI is InChI=1S/C11H14N2S2/c1-8-6-14-7-10(8)5-13-9(2)11-12-3-4-15-11/h3-4,6-7,9,13H,5H2,1-2H3. The van der Waals surface area contributed by atoms with Gasteiger partial charge in [-0.1, -0.05) is 0 Å². The zero-order chi connectivity index (χ0) is 10.7. The van der Waals surface area contributed by atoms with Crippen molar-refractivity contribution in [2.75, 3.05) is 0 Å². The molecule has 4 heteroatoms. The SMILES string of the molecule is Cc1cscc1CNC(C)c1nccs1. The average Bonchev–Trinajstić information content (AvgIpc) is 2.85. The summed E-state index contributed by atoms with van der Waals surface area (Å²) in [6.07, 6.45) is 1.86. The van der Waals surface area contributed by atoms with Gasteiger partial charge in [-0.25, -0.2) is 4.98 Å². The molecule has 0 aliphatic carbocycles. The number of nitrogens with zero attached hydrogens (tertiary/aromatic N) is 1. The van der Waals surface area contributed by atoms with Crippen LogP contribution in [0.4, 0.5) is 0 Å². The van der Waals surface area contributed by atoms with Crippen molar-refractivity contribution in [1.82, 2.24) is 10.3 Å². The van der Waals surface area contributed by atoms with Crippen LogP contribution in [0.15, 0.2) is 22.3 Å². The van der Waals surface area contributed by atoms with E-state index < -0.39 is 0 Å². The first kappa shape index (κ1) is 10.8. The molecule has 0 aliphatic heterocycles. The molecular formula is C11H14N2S2. The lowest BCUT2D eigenvalue weighted by Crippen LogP contribution is -2.17. The first-order valence-electron chi connectivity index (χ1n) is 4.92. The number of nitrogens with one attached hydrogen (secondary N) is 1. The van der Waals surface area contributed by atoms with Crippen molar-refractivity contribution < 1.29 is 0 Å². The van der Waals surface area contributed by atoms with Crippen molar-refractivity contribution in [2.24, 2.45) is 0 Å². The highest BCUT2D eigenvalue weighted by Crippen LogP contribution is 2.17. The Morgan fingerprint density at radius 2 is 2.33 bits per heavy atom. The second-order valence-electron chi connectivity index (χ2n) is 3.55. The minimum atomic E-state index is 0.337. The highest BCUT2D eigenvalue weighted by Gasteiger charge is 2.07. The molecule has 2 rings (SSSR count). The van der Waals surface area contributed by atoms with Crippen LogP contribution < -0.4 is 5.32 Å². The van der Waals surface area contributed by atoms with Crippen LogP contribution in [0.1, 0.15) is 29.1 Å². The van der Waals surface area contributed by atoms with E-state index in [-0.39, 0.29) is 0 Å². The van der Waals surface area contributed by atoms with E-state index in [1.54, 1.807) is 22.7 Å². The lowest BCUT2D eigenvalue weighted by Gasteiger charge is -2.10. The predicted molar refractivity (Wildman–Crippen MR) is 66.4 cm³/mol. The smallest absolute Gasteiger partial charge is 0.109 e. The van der Waals surface area contributed by atoms with Crippen LogP contribution in [-0.2, 0) is 6.54 Å². The van der Waals surface area contributed by atoms with Gasteiger partial charge in [0.05, 0.1) is 6.04 Å². The van der Waals surface area contributed by atoms with E-state index in [1.807, 2.05) is 11.6 Å². The van der Waals surface area contributed by atoms with Crippen molar-refractivity contribution in [3.63, 3.8) is 0 Å². The molecular weight excluding hydrogens is 224 g/mol. The maximum atomic E-state index is 4.30.